The van der Waals surface area contributed by atoms with Crippen molar-refractivity contribution in [2.24, 2.45) is 0 Å². The van der Waals surface area contributed by atoms with Gasteiger partial charge in [-0.1, -0.05) is 30.3 Å². The van der Waals surface area contributed by atoms with E-state index >= 15 is 0 Å². The molecule has 0 aliphatic carbocycles. The van der Waals surface area contributed by atoms with Gasteiger partial charge in [-0.05, 0) is 36.8 Å². The lowest BCUT2D eigenvalue weighted by molar-refractivity contribution is -0.136. The lowest BCUT2D eigenvalue weighted by Crippen LogP contribution is -2.43. The molecule has 0 saturated carbocycles. The maximum Gasteiger partial charge on any atom is 0.251 e. The van der Waals surface area contributed by atoms with E-state index in [0.29, 0.717) is 18.7 Å². The zero-order valence-corrected chi connectivity index (χ0v) is 17.0. The third-order valence-corrected chi connectivity index (χ3v) is 5.13. The van der Waals surface area contributed by atoms with Gasteiger partial charge < -0.3 is 19.7 Å². The molecule has 0 radical (unpaired) electrons. The average Bonchev–Trinajstić information content (AvgIpc) is 2.75. The van der Waals surface area contributed by atoms with Crippen LogP contribution in [-0.4, -0.2) is 49.6 Å². The molecule has 1 atom stereocenters. The summed E-state index contributed by atoms with van der Waals surface area (Å²) in [5.74, 6) is 0.642. The fraction of sp³-hybridized carbons (Fsp3) is 0.391. The topological polar surface area (TPSA) is 67.9 Å². The molecule has 1 aliphatic heterocycles. The van der Waals surface area contributed by atoms with Gasteiger partial charge in [-0.25, -0.2) is 0 Å². The zero-order valence-electron chi connectivity index (χ0n) is 17.0. The molecule has 1 fully saturated rings. The van der Waals surface area contributed by atoms with Gasteiger partial charge >= 0.3 is 0 Å². The molecule has 1 saturated heterocycles. The molecule has 2 aromatic carbocycles. The number of nitrogens with zero attached hydrogens (tertiary/aromatic N) is 1. The normalized spacial score (nSPS) is 15.6. The van der Waals surface area contributed by atoms with Crippen LogP contribution >= 0.6 is 0 Å². The second kappa shape index (κ2) is 10.1. The molecule has 6 nitrogen and oxygen atoms in total. The quantitative estimate of drug-likeness (QED) is 0.780. The van der Waals surface area contributed by atoms with Crippen LogP contribution in [0.25, 0.3) is 0 Å². The molecule has 154 valence electrons. The molecule has 2 aromatic rings. The average molecular weight is 396 g/mol. The number of likely N-dealkylation sites (tertiary alicyclic amines) is 1. The second-order valence-electron chi connectivity index (χ2n) is 7.26. The fourth-order valence-electron chi connectivity index (χ4n) is 3.42. The predicted molar refractivity (Wildman–Crippen MR) is 111 cm³/mol. The number of piperidine rings is 1. The highest BCUT2D eigenvalue weighted by atomic mass is 16.5. The Morgan fingerprint density at radius 1 is 1.07 bits per heavy atom. The van der Waals surface area contributed by atoms with Crippen molar-refractivity contribution in [1.82, 2.24) is 10.2 Å². The van der Waals surface area contributed by atoms with Crippen LogP contribution in [0.5, 0.6) is 5.75 Å². The van der Waals surface area contributed by atoms with E-state index in [1.807, 2.05) is 54.3 Å². The van der Waals surface area contributed by atoms with E-state index in [-0.39, 0.29) is 30.6 Å². The number of nitrogens with one attached hydrogen (secondary N) is 1. The second-order valence-corrected chi connectivity index (χ2v) is 7.26. The van der Waals surface area contributed by atoms with Gasteiger partial charge in [0.2, 0.25) is 5.91 Å². The van der Waals surface area contributed by atoms with Crippen LogP contribution in [0.2, 0.25) is 0 Å². The molecular weight excluding hydrogens is 368 g/mol. The van der Waals surface area contributed by atoms with Crippen molar-refractivity contribution in [3.05, 3.63) is 65.7 Å². The highest BCUT2D eigenvalue weighted by molar-refractivity contribution is 5.94. The summed E-state index contributed by atoms with van der Waals surface area (Å²) in [5, 5.41) is 3.01. The van der Waals surface area contributed by atoms with Crippen LogP contribution in [0.15, 0.2) is 54.6 Å². The Morgan fingerprint density at radius 3 is 2.34 bits per heavy atom. The lowest BCUT2D eigenvalue weighted by atomic mass is 10.1. The van der Waals surface area contributed by atoms with Gasteiger partial charge in [-0.3, -0.25) is 9.59 Å². The number of rotatable bonds is 7. The van der Waals surface area contributed by atoms with Gasteiger partial charge in [0.15, 0.2) is 0 Å². The van der Waals surface area contributed by atoms with Crippen LogP contribution in [0.3, 0.4) is 0 Å². The minimum atomic E-state index is -0.113. The third-order valence-electron chi connectivity index (χ3n) is 5.13. The number of carbonyl (C=O) groups is 2. The van der Waals surface area contributed by atoms with Crippen molar-refractivity contribution in [2.45, 2.75) is 31.9 Å². The first-order valence-corrected chi connectivity index (χ1v) is 9.96. The Hall–Kier alpha value is -2.86. The Kier molecular flexibility index (Phi) is 7.25. The molecule has 0 unspecified atom stereocenters. The zero-order chi connectivity index (χ0) is 20.6. The summed E-state index contributed by atoms with van der Waals surface area (Å²) in [6, 6.07) is 17.0. The van der Waals surface area contributed by atoms with Gasteiger partial charge in [0.05, 0.1) is 6.04 Å². The maximum atomic E-state index is 12.5. The number of hydrogen-bond acceptors (Lipinski definition) is 4. The minimum Gasteiger partial charge on any atom is -0.490 e. The Bertz CT molecular complexity index is 799. The van der Waals surface area contributed by atoms with E-state index in [9.17, 15) is 9.59 Å². The third kappa shape index (κ3) is 5.81. The molecule has 1 N–H and O–H groups in total. The monoisotopic (exact) mass is 396 g/mol. The molecule has 6 heteroatoms. The first kappa shape index (κ1) is 20.9. The molecule has 1 aliphatic rings. The number of ether oxygens (including phenoxy) is 2. The van der Waals surface area contributed by atoms with Crippen molar-refractivity contribution in [3.8, 4) is 5.75 Å². The molecule has 0 bridgehead atoms. The number of amides is 2. The molecular formula is C23H28N2O4. The van der Waals surface area contributed by atoms with E-state index < -0.39 is 0 Å². The molecule has 1 heterocycles. The van der Waals surface area contributed by atoms with Gasteiger partial charge in [0, 0.05) is 38.6 Å². The summed E-state index contributed by atoms with van der Waals surface area (Å²) >= 11 is 0. The predicted octanol–water partition coefficient (Wildman–Crippen LogP) is 3.19. The van der Waals surface area contributed by atoms with Crippen LogP contribution < -0.4 is 10.1 Å². The number of benzene rings is 2. The minimum absolute atomic E-state index is 0.0195. The highest BCUT2D eigenvalue weighted by Crippen LogP contribution is 2.20. The molecule has 3 rings (SSSR count). The fourth-order valence-corrected chi connectivity index (χ4v) is 3.42. The summed E-state index contributed by atoms with van der Waals surface area (Å²) in [6.07, 6.45) is 1.64. The standard InChI is InChI=1S/C23H28N2O4/c1-17(18-6-4-3-5-7-18)24-23(27)19-8-10-20(11-9-19)29-21-12-14-25(15-13-21)22(26)16-28-2/h3-11,17,21H,12-16H2,1-2H3,(H,24,27)/t17-/m1/s1. The Morgan fingerprint density at radius 2 is 1.72 bits per heavy atom. The molecule has 0 aromatic heterocycles. The van der Waals surface area contributed by atoms with Crippen molar-refractivity contribution in [1.29, 1.82) is 0 Å². The smallest absolute Gasteiger partial charge is 0.251 e. The summed E-state index contributed by atoms with van der Waals surface area (Å²) in [4.78, 5) is 26.1. The first-order valence-electron chi connectivity index (χ1n) is 9.96. The van der Waals surface area contributed by atoms with Crippen molar-refractivity contribution < 1.29 is 19.1 Å². The molecule has 29 heavy (non-hydrogen) atoms. The van der Waals surface area contributed by atoms with E-state index in [2.05, 4.69) is 5.32 Å². The Labute approximate surface area is 171 Å². The first-order chi connectivity index (χ1) is 14.1. The van der Waals surface area contributed by atoms with Crippen molar-refractivity contribution >= 4 is 11.8 Å². The van der Waals surface area contributed by atoms with E-state index in [1.165, 1.54) is 7.11 Å². The summed E-state index contributed by atoms with van der Waals surface area (Å²) in [6.45, 7) is 3.43. The van der Waals surface area contributed by atoms with Crippen molar-refractivity contribution in [3.63, 3.8) is 0 Å². The summed E-state index contributed by atoms with van der Waals surface area (Å²) in [5.41, 5.74) is 1.66. The lowest BCUT2D eigenvalue weighted by Gasteiger charge is -2.32. The number of carbonyl (C=O) groups excluding carboxylic acids is 2. The Balaban J connectivity index is 1.49. The van der Waals surface area contributed by atoms with Gasteiger partial charge in [-0.2, -0.15) is 0 Å². The van der Waals surface area contributed by atoms with Gasteiger partial charge in [0.25, 0.3) is 5.91 Å². The van der Waals surface area contributed by atoms with Crippen LogP contribution in [0.4, 0.5) is 0 Å². The number of hydrogen-bond donors (Lipinski definition) is 1. The van der Waals surface area contributed by atoms with Gasteiger partial charge in [-0.15, -0.1) is 0 Å². The van der Waals surface area contributed by atoms with Crippen LogP contribution in [-0.2, 0) is 9.53 Å². The number of methoxy groups -OCH3 is 1. The molecule has 0 spiro atoms. The van der Waals surface area contributed by atoms with Crippen molar-refractivity contribution in [2.75, 3.05) is 26.8 Å². The largest absolute Gasteiger partial charge is 0.490 e. The van der Waals surface area contributed by atoms with Crippen LogP contribution in [0, 0.1) is 0 Å². The van der Waals surface area contributed by atoms with Gasteiger partial charge in [0.1, 0.15) is 18.5 Å². The van der Waals surface area contributed by atoms with E-state index in [4.69, 9.17) is 9.47 Å². The maximum absolute atomic E-state index is 12.5. The summed E-state index contributed by atoms with van der Waals surface area (Å²) < 4.78 is 10.9. The SMILES string of the molecule is COCC(=O)N1CCC(Oc2ccc(C(=O)N[C@H](C)c3ccccc3)cc2)CC1. The van der Waals surface area contributed by atoms with E-state index in [1.54, 1.807) is 12.1 Å². The summed E-state index contributed by atoms with van der Waals surface area (Å²) in [7, 11) is 1.53. The molecule has 2 amide bonds. The van der Waals surface area contributed by atoms with E-state index in [0.717, 1.165) is 24.2 Å². The van der Waals surface area contributed by atoms with Crippen LogP contribution in [0.1, 0.15) is 41.7 Å². The highest BCUT2D eigenvalue weighted by Gasteiger charge is 2.23.